The zero-order valence-corrected chi connectivity index (χ0v) is 21.7. The van der Waals surface area contributed by atoms with Gasteiger partial charge in [0.1, 0.15) is 21.8 Å². The largest absolute Gasteiger partial charge is 0.506 e. The predicted molar refractivity (Wildman–Crippen MR) is 137 cm³/mol. The molecule has 3 rings (SSSR count). The first-order chi connectivity index (χ1) is 15.4. The number of halogens is 2. The molecule has 3 aromatic rings. The Labute approximate surface area is 208 Å². The van der Waals surface area contributed by atoms with E-state index in [0.717, 1.165) is 15.7 Å². The summed E-state index contributed by atoms with van der Waals surface area (Å²) in [6, 6.07) is 6.73. The number of rotatable bonds is 6. The van der Waals surface area contributed by atoms with Gasteiger partial charge in [-0.3, -0.25) is 4.98 Å². The van der Waals surface area contributed by atoms with E-state index < -0.39 is 11.4 Å². The zero-order chi connectivity index (χ0) is 24.8. The van der Waals surface area contributed by atoms with Gasteiger partial charge in [-0.05, 0) is 85.5 Å². The quantitative estimate of drug-likeness (QED) is 0.283. The van der Waals surface area contributed by atoms with Crippen LogP contribution in [0.15, 0.2) is 36.7 Å². The van der Waals surface area contributed by atoms with Crippen molar-refractivity contribution in [1.29, 1.82) is 0 Å². The lowest BCUT2D eigenvalue weighted by Gasteiger charge is -2.27. The van der Waals surface area contributed by atoms with Crippen molar-refractivity contribution < 1.29 is 14.2 Å². The minimum Gasteiger partial charge on any atom is -0.506 e. The highest BCUT2D eigenvalue weighted by Crippen LogP contribution is 2.27. The Morgan fingerprint density at radius 2 is 1.91 bits per heavy atom. The number of hydrogen-bond acceptors (Lipinski definition) is 7. The molecule has 0 aliphatic rings. The SMILES string of the molecule is Cc1cc(-c2ccnc(N)c2F)ncc1OC[C@@](C)(N)CC(C)C.Cc1nc(I)ccc1O. The zero-order valence-electron chi connectivity index (χ0n) is 19.6. The Morgan fingerprint density at radius 3 is 2.48 bits per heavy atom. The molecular weight excluding hydrogens is 536 g/mol. The molecule has 0 spiro atoms. The van der Waals surface area contributed by atoms with Crippen molar-refractivity contribution in [3.05, 3.63) is 57.4 Å². The summed E-state index contributed by atoms with van der Waals surface area (Å²) in [5, 5.41) is 8.98. The molecule has 178 valence electrons. The first kappa shape index (κ1) is 26.7. The number of hydrogen-bond donors (Lipinski definition) is 3. The van der Waals surface area contributed by atoms with Crippen LogP contribution >= 0.6 is 22.6 Å². The lowest BCUT2D eigenvalue weighted by atomic mass is 9.93. The van der Waals surface area contributed by atoms with E-state index in [-0.39, 0.29) is 11.6 Å². The van der Waals surface area contributed by atoms with Gasteiger partial charge in [0, 0.05) is 17.3 Å². The van der Waals surface area contributed by atoms with Gasteiger partial charge in [-0.25, -0.2) is 14.4 Å². The molecule has 0 bridgehead atoms. The molecule has 0 saturated carbocycles. The number of nitrogens with two attached hydrogens (primary N) is 2. The predicted octanol–water partition coefficient (Wildman–Crippen LogP) is 5.02. The molecular formula is C24H31FIN5O2. The third kappa shape index (κ3) is 8.08. The molecule has 7 nitrogen and oxygen atoms in total. The Balaban J connectivity index is 0.000000357. The molecule has 9 heteroatoms. The number of anilines is 1. The second-order valence-electron chi connectivity index (χ2n) is 8.67. The minimum absolute atomic E-state index is 0.139. The van der Waals surface area contributed by atoms with E-state index in [1.807, 2.05) is 13.8 Å². The summed E-state index contributed by atoms with van der Waals surface area (Å²) in [5.41, 5.74) is 13.7. The number of pyridine rings is 3. The van der Waals surface area contributed by atoms with Crippen LogP contribution in [0.25, 0.3) is 11.3 Å². The van der Waals surface area contributed by atoms with Gasteiger partial charge in [0.2, 0.25) is 0 Å². The maximum Gasteiger partial charge on any atom is 0.174 e. The average Bonchev–Trinajstić information content (AvgIpc) is 2.72. The fraction of sp³-hybridized carbons (Fsp3) is 0.375. The Morgan fingerprint density at radius 1 is 1.21 bits per heavy atom. The average molecular weight is 567 g/mol. The van der Waals surface area contributed by atoms with Crippen molar-refractivity contribution >= 4 is 28.4 Å². The molecule has 3 heterocycles. The number of nitrogens with zero attached hydrogens (tertiary/aromatic N) is 3. The molecule has 0 fully saturated rings. The van der Waals surface area contributed by atoms with E-state index in [0.29, 0.717) is 35.2 Å². The van der Waals surface area contributed by atoms with Crippen LogP contribution < -0.4 is 16.2 Å². The van der Waals surface area contributed by atoms with E-state index in [1.54, 1.807) is 37.4 Å². The van der Waals surface area contributed by atoms with Crippen LogP contribution in [0.3, 0.4) is 0 Å². The van der Waals surface area contributed by atoms with Crippen LogP contribution in [-0.2, 0) is 0 Å². The maximum atomic E-state index is 14.1. The summed E-state index contributed by atoms with van der Waals surface area (Å²) in [4.78, 5) is 12.0. The summed E-state index contributed by atoms with van der Waals surface area (Å²) in [5.74, 6) is 0.687. The van der Waals surface area contributed by atoms with Crippen molar-refractivity contribution in [1.82, 2.24) is 15.0 Å². The van der Waals surface area contributed by atoms with Crippen molar-refractivity contribution in [3.8, 4) is 22.8 Å². The van der Waals surface area contributed by atoms with E-state index >= 15 is 0 Å². The topological polar surface area (TPSA) is 120 Å². The van der Waals surface area contributed by atoms with Crippen LogP contribution in [0.4, 0.5) is 10.2 Å². The molecule has 0 amide bonds. The summed E-state index contributed by atoms with van der Waals surface area (Å²) in [7, 11) is 0. The third-order valence-electron chi connectivity index (χ3n) is 4.71. The van der Waals surface area contributed by atoms with Crippen LogP contribution in [0.5, 0.6) is 11.5 Å². The number of aromatic nitrogens is 3. The van der Waals surface area contributed by atoms with Gasteiger partial charge < -0.3 is 21.3 Å². The highest BCUT2D eigenvalue weighted by atomic mass is 127. The Hall–Kier alpha value is -2.53. The first-order valence-electron chi connectivity index (χ1n) is 10.5. The second-order valence-corrected chi connectivity index (χ2v) is 9.78. The molecule has 0 aromatic carbocycles. The summed E-state index contributed by atoms with van der Waals surface area (Å²) < 4.78 is 20.8. The van der Waals surface area contributed by atoms with Crippen molar-refractivity contribution in [2.75, 3.05) is 12.3 Å². The molecule has 1 atom stereocenters. The Bertz CT molecular complexity index is 1090. The number of aryl methyl sites for hydroxylation is 2. The smallest absolute Gasteiger partial charge is 0.174 e. The van der Waals surface area contributed by atoms with Gasteiger partial charge in [-0.1, -0.05) is 13.8 Å². The van der Waals surface area contributed by atoms with E-state index in [2.05, 4.69) is 51.4 Å². The number of ether oxygens (including phenoxy) is 1. The normalized spacial score (nSPS) is 12.6. The molecule has 5 N–H and O–H groups in total. The molecule has 0 aliphatic heterocycles. The van der Waals surface area contributed by atoms with Gasteiger partial charge in [0.25, 0.3) is 0 Å². The molecule has 3 aromatic heterocycles. The second kappa shape index (κ2) is 11.6. The number of nitrogen functional groups attached to an aromatic ring is 1. The standard InChI is InChI=1S/C18H25FN4O.C6H6INO/c1-11(2)8-18(4,21)10-24-15-9-23-14(7-12(15)3)13-5-6-22-17(20)16(13)19;1-4-5(9)2-3-6(7)8-4/h5-7,9,11H,8,10,21H2,1-4H3,(H2,20,22);2-3,9H,1H3/t18-;/m0./s1. The fourth-order valence-corrected chi connectivity index (χ4v) is 3.80. The van der Waals surface area contributed by atoms with Gasteiger partial charge in [0.15, 0.2) is 11.6 Å². The Kier molecular flexibility index (Phi) is 9.35. The fourth-order valence-electron chi connectivity index (χ4n) is 3.26. The summed E-state index contributed by atoms with van der Waals surface area (Å²) in [6.07, 6.45) is 3.91. The lowest BCUT2D eigenvalue weighted by Crippen LogP contribution is -2.43. The van der Waals surface area contributed by atoms with Crippen molar-refractivity contribution in [2.45, 2.75) is 46.6 Å². The highest BCUT2D eigenvalue weighted by Gasteiger charge is 2.21. The van der Waals surface area contributed by atoms with Crippen LogP contribution in [0.2, 0.25) is 0 Å². The van der Waals surface area contributed by atoms with E-state index in [9.17, 15) is 4.39 Å². The van der Waals surface area contributed by atoms with Crippen LogP contribution in [-0.4, -0.2) is 32.2 Å². The monoisotopic (exact) mass is 567 g/mol. The molecule has 33 heavy (non-hydrogen) atoms. The summed E-state index contributed by atoms with van der Waals surface area (Å²) in [6.45, 7) is 10.3. The van der Waals surface area contributed by atoms with Gasteiger partial charge in [-0.15, -0.1) is 0 Å². The van der Waals surface area contributed by atoms with Crippen LogP contribution in [0, 0.1) is 29.3 Å². The van der Waals surface area contributed by atoms with E-state index in [4.69, 9.17) is 21.3 Å². The molecule has 0 aliphatic carbocycles. The molecule has 0 radical (unpaired) electrons. The van der Waals surface area contributed by atoms with Crippen molar-refractivity contribution in [3.63, 3.8) is 0 Å². The molecule has 0 saturated heterocycles. The van der Waals surface area contributed by atoms with Gasteiger partial charge in [-0.2, -0.15) is 0 Å². The highest BCUT2D eigenvalue weighted by molar-refractivity contribution is 14.1. The first-order valence-corrected chi connectivity index (χ1v) is 11.6. The van der Waals surface area contributed by atoms with Gasteiger partial charge >= 0.3 is 0 Å². The van der Waals surface area contributed by atoms with Crippen molar-refractivity contribution in [2.24, 2.45) is 11.7 Å². The van der Waals surface area contributed by atoms with Gasteiger partial charge in [0.05, 0.1) is 17.6 Å². The third-order valence-corrected chi connectivity index (χ3v) is 5.31. The maximum absolute atomic E-state index is 14.1. The van der Waals surface area contributed by atoms with E-state index in [1.165, 1.54) is 6.20 Å². The number of aromatic hydroxyl groups is 1. The van der Waals surface area contributed by atoms with Crippen LogP contribution in [0.1, 0.15) is 38.4 Å². The minimum atomic E-state index is -0.565. The molecule has 0 unspecified atom stereocenters. The summed E-state index contributed by atoms with van der Waals surface area (Å²) >= 11 is 2.10. The lowest BCUT2D eigenvalue weighted by molar-refractivity contribution is 0.205.